The van der Waals surface area contributed by atoms with Crippen molar-refractivity contribution in [1.29, 1.82) is 0 Å². The minimum atomic E-state index is 1.04. The van der Waals surface area contributed by atoms with Gasteiger partial charge in [0.2, 0.25) is 0 Å². The highest BCUT2D eigenvalue weighted by atomic mass is 15.1. The summed E-state index contributed by atoms with van der Waals surface area (Å²) in [6.07, 6.45) is 4.43. The molecule has 54 valence electrons. The molecule has 1 fully saturated rings. The Morgan fingerprint density at radius 2 is 2.11 bits per heavy atom. The first kappa shape index (κ1) is 7.07. The number of rotatable bonds is 3. The second-order valence-electron chi connectivity index (χ2n) is 3.15. The summed E-state index contributed by atoms with van der Waals surface area (Å²) in [5, 5.41) is 0. The third-order valence-corrected chi connectivity index (χ3v) is 2.33. The molecule has 1 saturated carbocycles. The van der Waals surface area contributed by atoms with Crippen LogP contribution in [0.25, 0.3) is 0 Å². The molecule has 1 nitrogen and oxygen atoms in total. The zero-order valence-electron chi connectivity index (χ0n) is 6.56. The van der Waals surface area contributed by atoms with Gasteiger partial charge >= 0.3 is 0 Å². The van der Waals surface area contributed by atoms with E-state index in [2.05, 4.69) is 18.9 Å². The molecule has 0 radical (unpaired) electrons. The average Bonchev–Trinajstić information content (AvgIpc) is 1.78. The van der Waals surface area contributed by atoms with E-state index >= 15 is 0 Å². The monoisotopic (exact) mass is 127 g/mol. The number of nitrogens with zero attached hydrogens (tertiary/aromatic N) is 1. The SMILES string of the molecule is CCN(C)CC1CCC1. The van der Waals surface area contributed by atoms with Crippen LogP contribution in [0.4, 0.5) is 0 Å². The van der Waals surface area contributed by atoms with Gasteiger partial charge < -0.3 is 4.90 Å². The second-order valence-corrected chi connectivity index (χ2v) is 3.15. The maximum atomic E-state index is 2.41. The summed E-state index contributed by atoms with van der Waals surface area (Å²) < 4.78 is 0. The molecule has 9 heavy (non-hydrogen) atoms. The molecule has 0 saturated heterocycles. The van der Waals surface area contributed by atoms with E-state index in [1.54, 1.807) is 0 Å². The van der Waals surface area contributed by atoms with Gasteiger partial charge in [0.05, 0.1) is 0 Å². The Kier molecular flexibility index (Phi) is 2.52. The minimum Gasteiger partial charge on any atom is -0.306 e. The van der Waals surface area contributed by atoms with Crippen LogP contribution in [0.5, 0.6) is 0 Å². The summed E-state index contributed by atoms with van der Waals surface area (Å²) in [7, 11) is 2.21. The molecule has 0 aliphatic heterocycles. The predicted octanol–water partition coefficient (Wildman–Crippen LogP) is 1.74. The maximum Gasteiger partial charge on any atom is 0.000649 e. The van der Waals surface area contributed by atoms with Gasteiger partial charge in [-0.3, -0.25) is 0 Å². The van der Waals surface area contributed by atoms with Gasteiger partial charge in [0.25, 0.3) is 0 Å². The highest BCUT2D eigenvalue weighted by Gasteiger charge is 2.17. The van der Waals surface area contributed by atoms with E-state index in [0.29, 0.717) is 0 Å². The van der Waals surface area contributed by atoms with Crippen LogP contribution >= 0.6 is 0 Å². The molecule has 0 bridgehead atoms. The molecule has 1 aliphatic carbocycles. The Labute approximate surface area is 58.0 Å². The van der Waals surface area contributed by atoms with Crippen LogP contribution in [0, 0.1) is 5.92 Å². The zero-order valence-corrected chi connectivity index (χ0v) is 6.56. The first-order valence-electron chi connectivity index (χ1n) is 4.01. The first-order valence-corrected chi connectivity index (χ1v) is 4.01. The van der Waals surface area contributed by atoms with Crippen molar-refractivity contribution < 1.29 is 0 Å². The average molecular weight is 127 g/mol. The van der Waals surface area contributed by atoms with E-state index < -0.39 is 0 Å². The van der Waals surface area contributed by atoms with Gasteiger partial charge in [-0.15, -0.1) is 0 Å². The molecule has 0 spiro atoms. The normalized spacial score (nSPS) is 20.3. The summed E-state index contributed by atoms with van der Waals surface area (Å²) in [6.45, 7) is 4.76. The van der Waals surface area contributed by atoms with Crippen molar-refractivity contribution in [2.24, 2.45) is 5.92 Å². The summed E-state index contributed by atoms with van der Waals surface area (Å²) >= 11 is 0. The van der Waals surface area contributed by atoms with Crippen molar-refractivity contribution in [2.75, 3.05) is 20.1 Å². The maximum absolute atomic E-state index is 2.41. The third kappa shape index (κ3) is 1.98. The molecule has 0 heterocycles. The van der Waals surface area contributed by atoms with Gasteiger partial charge in [-0.05, 0) is 32.4 Å². The zero-order chi connectivity index (χ0) is 6.69. The molecule has 0 aromatic carbocycles. The highest BCUT2D eigenvalue weighted by molar-refractivity contribution is 4.71. The van der Waals surface area contributed by atoms with Crippen molar-refractivity contribution in [1.82, 2.24) is 4.90 Å². The first-order chi connectivity index (χ1) is 4.33. The van der Waals surface area contributed by atoms with Crippen molar-refractivity contribution in [3.05, 3.63) is 0 Å². The van der Waals surface area contributed by atoms with Crippen molar-refractivity contribution in [2.45, 2.75) is 26.2 Å². The van der Waals surface area contributed by atoms with Gasteiger partial charge in [0, 0.05) is 6.54 Å². The van der Waals surface area contributed by atoms with E-state index in [-0.39, 0.29) is 0 Å². The fourth-order valence-electron chi connectivity index (χ4n) is 1.25. The molecule has 0 aromatic rings. The molecule has 0 N–H and O–H groups in total. The van der Waals surface area contributed by atoms with Crippen molar-refractivity contribution in [3.8, 4) is 0 Å². The van der Waals surface area contributed by atoms with Crippen LogP contribution < -0.4 is 0 Å². The minimum absolute atomic E-state index is 1.04. The summed E-state index contributed by atoms with van der Waals surface area (Å²) in [6, 6.07) is 0. The van der Waals surface area contributed by atoms with Gasteiger partial charge in [-0.25, -0.2) is 0 Å². The van der Waals surface area contributed by atoms with Gasteiger partial charge in [0.15, 0.2) is 0 Å². The third-order valence-electron chi connectivity index (χ3n) is 2.33. The molecule has 0 unspecified atom stereocenters. The quantitative estimate of drug-likeness (QED) is 0.558. The van der Waals surface area contributed by atoms with Gasteiger partial charge in [-0.2, -0.15) is 0 Å². The van der Waals surface area contributed by atoms with Crippen LogP contribution in [0.2, 0.25) is 0 Å². The van der Waals surface area contributed by atoms with Crippen molar-refractivity contribution >= 4 is 0 Å². The Morgan fingerprint density at radius 1 is 1.44 bits per heavy atom. The molecule has 0 atom stereocenters. The second kappa shape index (κ2) is 3.21. The van der Waals surface area contributed by atoms with Crippen LogP contribution in [0.15, 0.2) is 0 Å². The van der Waals surface area contributed by atoms with E-state index in [9.17, 15) is 0 Å². The fourth-order valence-corrected chi connectivity index (χ4v) is 1.25. The van der Waals surface area contributed by atoms with Crippen LogP contribution in [-0.2, 0) is 0 Å². The molecule has 1 heteroatoms. The molecule has 1 aliphatic rings. The lowest BCUT2D eigenvalue weighted by Crippen LogP contribution is -2.29. The van der Waals surface area contributed by atoms with Crippen molar-refractivity contribution in [3.63, 3.8) is 0 Å². The summed E-state index contributed by atoms with van der Waals surface area (Å²) in [5.41, 5.74) is 0. The molecule has 0 aromatic heterocycles. The van der Waals surface area contributed by atoms with Gasteiger partial charge in [-0.1, -0.05) is 13.3 Å². The van der Waals surface area contributed by atoms with Crippen LogP contribution in [-0.4, -0.2) is 25.0 Å². The van der Waals surface area contributed by atoms with Crippen LogP contribution in [0.3, 0.4) is 0 Å². The lowest BCUT2D eigenvalue weighted by atomic mass is 9.85. The Morgan fingerprint density at radius 3 is 2.44 bits per heavy atom. The number of hydrogen-bond donors (Lipinski definition) is 0. The molecule has 1 rings (SSSR count). The largest absolute Gasteiger partial charge is 0.306 e. The molecular formula is C8H17N. The van der Waals surface area contributed by atoms with E-state index in [0.717, 1.165) is 5.92 Å². The van der Waals surface area contributed by atoms with E-state index in [4.69, 9.17) is 0 Å². The van der Waals surface area contributed by atoms with Crippen LogP contribution in [0.1, 0.15) is 26.2 Å². The Bertz CT molecular complexity index is 73.9. The Balaban J connectivity index is 2.01. The van der Waals surface area contributed by atoms with E-state index in [1.165, 1.54) is 32.4 Å². The number of hydrogen-bond acceptors (Lipinski definition) is 1. The highest BCUT2D eigenvalue weighted by Crippen LogP contribution is 2.26. The summed E-state index contributed by atoms with van der Waals surface area (Å²) in [4.78, 5) is 2.41. The smallest absolute Gasteiger partial charge is 0.000649 e. The lowest BCUT2D eigenvalue weighted by molar-refractivity contribution is 0.212. The topological polar surface area (TPSA) is 3.24 Å². The standard InChI is InChI=1S/C8H17N/c1-3-9(2)7-8-5-4-6-8/h8H,3-7H2,1-2H3. The fraction of sp³-hybridized carbons (Fsp3) is 1.00. The van der Waals surface area contributed by atoms with Gasteiger partial charge in [0.1, 0.15) is 0 Å². The lowest BCUT2D eigenvalue weighted by Gasteiger charge is -2.29. The summed E-state index contributed by atoms with van der Waals surface area (Å²) in [5.74, 6) is 1.04. The van der Waals surface area contributed by atoms with E-state index in [1.807, 2.05) is 0 Å². The molecule has 0 amide bonds. The Hall–Kier alpha value is -0.0400. The predicted molar refractivity (Wildman–Crippen MR) is 40.5 cm³/mol. The molecular weight excluding hydrogens is 110 g/mol.